The largest absolute Gasteiger partial charge is 0.309 e. The second-order valence-electron chi connectivity index (χ2n) is 17.1. The second-order valence-corrected chi connectivity index (χ2v) is 18.2. The number of hydrogen-bond donors (Lipinski definition) is 0. The summed E-state index contributed by atoms with van der Waals surface area (Å²) < 4.78 is 2.56. The zero-order chi connectivity index (χ0) is 43.6. The topological polar surface area (TPSA) is 3.24 Å². The molecule has 12 aromatic carbocycles. The molecule has 1 heterocycles. The summed E-state index contributed by atoms with van der Waals surface area (Å²) in [7, 11) is 0. The van der Waals surface area contributed by atoms with Gasteiger partial charge in [0.15, 0.2) is 0 Å². The molecule has 0 saturated heterocycles. The summed E-state index contributed by atoms with van der Waals surface area (Å²) in [6.07, 6.45) is 0. The highest BCUT2D eigenvalue weighted by atomic mass is 32.1. The molecule has 0 fully saturated rings. The van der Waals surface area contributed by atoms with Crippen molar-refractivity contribution in [3.05, 3.63) is 249 Å². The lowest BCUT2D eigenvalue weighted by Gasteiger charge is -2.29. The fourth-order valence-electron chi connectivity index (χ4n) is 10.5. The lowest BCUT2D eigenvalue weighted by atomic mass is 9.84. The minimum atomic E-state index is 1.10. The van der Waals surface area contributed by atoms with E-state index in [1.54, 1.807) is 0 Å². The second kappa shape index (κ2) is 15.7. The van der Waals surface area contributed by atoms with Crippen LogP contribution in [0, 0.1) is 0 Å². The summed E-state index contributed by atoms with van der Waals surface area (Å²) in [6.45, 7) is 0. The zero-order valence-electron chi connectivity index (χ0n) is 36.0. The van der Waals surface area contributed by atoms with E-state index in [9.17, 15) is 0 Å². The predicted octanol–water partition coefficient (Wildman–Crippen LogP) is 18.8. The molecule has 13 aromatic rings. The monoisotopic (exact) mass is 855 g/mol. The van der Waals surface area contributed by atoms with Crippen LogP contribution in [0.4, 0.5) is 17.1 Å². The van der Waals surface area contributed by atoms with E-state index in [2.05, 4.69) is 254 Å². The molecule has 0 N–H and O–H groups in total. The molecule has 13 rings (SSSR count). The molecule has 66 heavy (non-hydrogen) atoms. The Balaban J connectivity index is 1.05. The first-order valence-corrected chi connectivity index (χ1v) is 23.5. The van der Waals surface area contributed by atoms with Crippen LogP contribution in [-0.4, -0.2) is 0 Å². The Labute approximate surface area is 387 Å². The lowest BCUT2D eigenvalue weighted by Crippen LogP contribution is -2.11. The van der Waals surface area contributed by atoms with Gasteiger partial charge in [0.25, 0.3) is 0 Å². The Kier molecular flexibility index (Phi) is 9.11. The highest BCUT2D eigenvalue weighted by Crippen LogP contribution is 2.50. The molecular weight excluding hydrogens is 815 g/mol. The van der Waals surface area contributed by atoms with Crippen LogP contribution in [0.3, 0.4) is 0 Å². The molecule has 1 nitrogen and oxygen atoms in total. The summed E-state index contributed by atoms with van der Waals surface area (Å²) in [5.74, 6) is 0. The molecule has 0 aliphatic heterocycles. The van der Waals surface area contributed by atoms with Crippen molar-refractivity contribution in [2.45, 2.75) is 0 Å². The lowest BCUT2D eigenvalue weighted by molar-refractivity contribution is 1.30. The molecule has 0 amide bonds. The summed E-state index contributed by atoms with van der Waals surface area (Å²) in [5, 5.41) is 12.6. The molecule has 0 bridgehead atoms. The van der Waals surface area contributed by atoms with Crippen LogP contribution in [0.1, 0.15) is 0 Å². The molecule has 0 unspecified atom stereocenters. The average Bonchev–Trinajstić information content (AvgIpc) is 3.78. The number of nitrogens with zero attached hydrogens (tertiary/aromatic N) is 1. The van der Waals surface area contributed by atoms with Crippen molar-refractivity contribution in [2.24, 2.45) is 0 Å². The van der Waals surface area contributed by atoms with Gasteiger partial charge in [-0.05, 0) is 131 Å². The van der Waals surface area contributed by atoms with Gasteiger partial charge in [-0.2, -0.15) is 0 Å². The predicted molar refractivity (Wildman–Crippen MR) is 286 cm³/mol. The van der Waals surface area contributed by atoms with Crippen molar-refractivity contribution in [2.75, 3.05) is 4.90 Å². The number of rotatable bonds is 7. The molecule has 0 saturated carbocycles. The van der Waals surface area contributed by atoms with Crippen LogP contribution in [-0.2, 0) is 0 Å². The Morgan fingerprint density at radius 2 is 0.803 bits per heavy atom. The Bertz CT molecular complexity index is 3980. The quantitative estimate of drug-likeness (QED) is 0.144. The first-order chi connectivity index (χ1) is 32.8. The Morgan fingerprint density at radius 3 is 1.56 bits per heavy atom. The van der Waals surface area contributed by atoms with Gasteiger partial charge in [-0.1, -0.05) is 200 Å². The fraction of sp³-hybridized carbons (Fsp3) is 0. The molecule has 0 radical (unpaired) electrons. The van der Waals surface area contributed by atoms with Crippen molar-refractivity contribution in [3.63, 3.8) is 0 Å². The van der Waals surface area contributed by atoms with Gasteiger partial charge < -0.3 is 4.90 Å². The fourth-order valence-corrected chi connectivity index (χ4v) is 11.6. The maximum absolute atomic E-state index is 2.50. The van der Waals surface area contributed by atoms with Gasteiger partial charge in [0.1, 0.15) is 0 Å². The summed E-state index contributed by atoms with van der Waals surface area (Å²) >= 11 is 1.86. The Hall–Kier alpha value is -8.30. The van der Waals surface area contributed by atoms with Crippen LogP contribution in [0.15, 0.2) is 249 Å². The first-order valence-electron chi connectivity index (χ1n) is 22.7. The number of para-hydroxylation sites is 1. The number of fused-ring (bicyclic) bond motifs is 9. The van der Waals surface area contributed by atoms with Crippen LogP contribution < -0.4 is 4.90 Å². The maximum atomic E-state index is 2.50. The smallest absolute Gasteiger partial charge is 0.0555 e. The number of thiophene rings is 1. The maximum Gasteiger partial charge on any atom is 0.0555 e. The molecule has 2 heteroatoms. The highest BCUT2D eigenvalue weighted by Gasteiger charge is 2.23. The first kappa shape index (κ1) is 38.2. The minimum absolute atomic E-state index is 1.10. The van der Waals surface area contributed by atoms with Crippen LogP contribution >= 0.6 is 11.3 Å². The Morgan fingerprint density at radius 1 is 0.273 bits per heavy atom. The van der Waals surface area contributed by atoms with Gasteiger partial charge in [-0.3, -0.25) is 0 Å². The van der Waals surface area contributed by atoms with E-state index in [1.165, 1.54) is 96.6 Å². The van der Waals surface area contributed by atoms with Crippen molar-refractivity contribution in [1.29, 1.82) is 0 Å². The molecular formula is C64H41NS. The molecule has 0 spiro atoms. The molecule has 0 aliphatic rings. The number of benzene rings is 12. The molecule has 1 aromatic heterocycles. The summed E-state index contributed by atoms with van der Waals surface area (Å²) in [4.78, 5) is 2.50. The van der Waals surface area contributed by atoms with E-state index in [1.807, 2.05) is 11.3 Å². The summed E-state index contributed by atoms with van der Waals surface area (Å²) in [5.41, 5.74) is 13.0. The SMILES string of the molecule is c1ccc(-c2c(-c3ccccc3)c3cc(-c4ccccc4N(c4ccc(-c5cc6ccccc6c6ccccc56)cc4)c4cccc5sc6ccccc6c45)ccc3c3ccccc23)cc1. The third kappa shape index (κ3) is 6.22. The van der Waals surface area contributed by atoms with Crippen LogP contribution in [0.5, 0.6) is 0 Å². The third-order valence-electron chi connectivity index (χ3n) is 13.4. The summed E-state index contributed by atoms with van der Waals surface area (Å²) in [6, 6.07) is 91.6. The van der Waals surface area contributed by atoms with E-state index in [-0.39, 0.29) is 0 Å². The van der Waals surface area contributed by atoms with E-state index in [0.717, 1.165) is 28.2 Å². The van der Waals surface area contributed by atoms with Gasteiger partial charge in [0.05, 0.1) is 11.4 Å². The van der Waals surface area contributed by atoms with E-state index in [4.69, 9.17) is 0 Å². The van der Waals surface area contributed by atoms with E-state index in [0.29, 0.717) is 0 Å². The van der Waals surface area contributed by atoms with E-state index >= 15 is 0 Å². The van der Waals surface area contributed by atoms with Gasteiger partial charge in [0, 0.05) is 31.4 Å². The van der Waals surface area contributed by atoms with E-state index < -0.39 is 0 Å². The number of anilines is 3. The third-order valence-corrected chi connectivity index (χ3v) is 14.6. The standard InChI is InChI=1S/C64H41NS/c1-3-18-43(19-4-1)62-54-28-12-11-26-51(54)53-39-36-46(41-57(53)63(62)44-20-5-2-6-21-44)49-24-13-15-30-58(49)65(59-31-17-33-61-64(59)55-29-14-16-32-60(55)66-61)47-37-34-42(35-38-47)56-40-45-22-7-8-23-48(45)50-25-9-10-27-52(50)56/h1-41H. The van der Waals surface area contributed by atoms with Gasteiger partial charge in [-0.25, -0.2) is 0 Å². The zero-order valence-corrected chi connectivity index (χ0v) is 36.8. The van der Waals surface area contributed by atoms with Gasteiger partial charge in [-0.15, -0.1) is 11.3 Å². The highest BCUT2D eigenvalue weighted by molar-refractivity contribution is 7.26. The molecule has 308 valence electrons. The van der Waals surface area contributed by atoms with Crippen LogP contribution in [0.2, 0.25) is 0 Å². The average molecular weight is 856 g/mol. The van der Waals surface area contributed by atoms with Gasteiger partial charge in [0.2, 0.25) is 0 Å². The minimum Gasteiger partial charge on any atom is -0.309 e. The number of hydrogen-bond acceptors (Lipinski definition) is 2. The van der Waals surface area contributed by atoms with Crippen molar-refractivity contribution >= 4 is 91.7 Å². The molecule has 0 atom stereocenters. The normalized spacial score (nSPS) is 11.6. The van der Waals surface area contributed by atoms with Crippen molar-refractivity contribution in [3.8, 4) is 44.5 Å². The van der Waals surface area contributed by atoms with Crippen LogP contribution in [0.25, 0.3) is 108 Å². The van der Waals surface area contributed by atoms with Crippen molar-refractivity contribution < 1.29 is 0 Å². The van der Waals surface area contributed by atoms with Crippen molar-refractivity contribution in [1.82, 2.24) is 0 Å². The molecule has 0 aliphatic carbocycles. The van der Waals surface area contributed by atoms with Gasteiger partial charge >= 0.3 is 0 Å².